The first-order valence-electron chi connectivity index (χ1n) is 7.65. The van der Waals surface area contributed by atoms with E-state index in [9.17, 15) is 14.4 Å². The first kappa shape index (κ1) is 17.6. The van der Waals surface area contributed by atoms with E-state index in [4.69, 9.17) is 14.2 Å². The fraction of sp³-hybridized carbons (Fsp3) is 0.438. The van der Waals surface area contributed by atoms with Crippen molar-refractivity contribution in [2.24, 2.45) is 0 Å². The van der Waals surface area contributed by atoms with Crippen LogP contribution in [0.4, 0.5) is 4.79 Å². The number of nitrogens with one attached hydrogen (secondary N) is 2. The molecule has 3 amide bonds. The van der Waals surface area contributed by atoms with E-state index in [1.807, 2.05) is 13.8 Å². The van der Waals surface area contributed by atoms with Crippen molar-refractivity contribution >= 4 is 17.9 Å². The number of hydrogen-bond donors (Lipinski definition) is 2. The Morgan fingerprint density at radius 1 is 1.29 bits per heavy atom. The molecular weight excluding hydrogens is 316 g/mol. The molecule has 0 aliphatic carbocycles. The van der Waals surface area contributed by atoms with E-state index in [2.05, 4.69) is 10.6 Å². The predicted molar refractivity (Wildman–Crippen MR) is 83.7 cm³/mol. The number of hydrogen-bond acceptors (Lipinski definition) is 6. The Morgan fingerprint density at radius 3 is 2.71 bits per heavy atom. The van der Waals surface area contributed by atoms with Gasteiger partial charge in [-0.1, -0.05) is 19.1 Å². The molecule has 0 unspecified atom stereocenters. The lowest BCUT2D eigenvalue weighted by atomic mass is 10.2. The molecule has 0 saturated carbocycles. The highest BCUT2D eigenvalue weighted by atomic mass is 16.6. The van der Waals surface area contributed by atoms with Crippen molar-refractivity contribution in [2.45, 2.75) is 32.4 Å². The molecule has 1 aromatic carbocycles. The zero-order valence-corrected chi connectivity index (χ0v) is 13.5. The molecule has 0 fully saturated rings. The van der Waals surface area contributed by atoms with Gasteiger partial charge in [-0.05, 0) is 25.5 Å². The van der Waals surface area contributed by atoms with Crippen molar-refractivity contribution in [3.63, 3.8) is 0 Å². The lowest BCUT2D eigenvalue weighted by molar-refractivity contribution is -0.157. The number of urea groups is 1. The molecule has 2 atom stereocenters. The quantitative estimate of drug-likeness (QED) is 0.778. The molecule has 1 aliphatic rings. The molecule has 1 aromatic rings. The van der Waals surface area contributed by atoms with E-state index < -0.39 is 30.6 Å². The number of amides is 3. The third kappa shape index (κ3) is 4.87. The average molecular weight is 336 g/mol. The topological polar surface area (TPSA) is 103 Å². The van der Waals surface area contributed by atoms with Gasteiger partial charge in [0.15, 0.2) is 18.1 Å². The summed E-state index contributed by atoms with van der Waals surface area (Å²) in [5.41, 5.74) is 0. The first-order valence-corrected chi connectivity index (χ1v) is 7.65. The minimum Gasteiger partial charge on any atom is -0.485 e. The standard InChI is InChI=1S/C16H20N2O6/c1-3-10(2)17-16(21)18-14(19)9-23-15(20)13-8-22-11-6-4-5-7-12(11)24-13/h4-7,10,13H,3,8-9H2,1-2H3,(H2,17,18,19,21)/t10-,13+/m0/s1. The van der Waals surface area contributed by atoms with E-state index in [1.54, 1.807) is 24.3 Å². The van der Waals surface area contributed by atoms with Crippen LogP contribution >= 0.6 is 0 Å². The second-order valence-corrected chi connectivity index (χ2v) is 5.30. The van der Waals surface area contributed by atoms with Crippen LogP contribution in [0.5, 0.6) is 11.5 Å². The highest BCUT2D eigenvalue weighted by molar-refractivity contribution is 5.95. The minimum atomic E-state index is -0.957. The summed E-state index contributed by atoms with van der Waals surface area (Å²) in [5.74, 6) is -0.479. The zero-order chi connectivity index (χ0) is 17.5. The van der Waals surface area contributed by atoms with Gasteiger partial charge in [0.1, 0.15) is 6.61 Å². The number of benzene rings is 1. The SMILES string of the molecule is CC[C@H](C)NC(=O)NC(=O)COC(=O)[C@H]1COc2ccccc2O1. The number of carbonyl (C=O) groups excluding carboxylic acids is 3. The van der Waals surface area contributed by atoms with Crippen LogP contribution in [0.25, 0.3) is 0 Å². The number of fused-ring (bicyclic) bond motifs is 1. The van der Waals surface area contributed by atoms with Gasteiger partial charge in [0.2, 0.25) is 6.10 Å². The smallest absolute Gasteiger partial charge is 0.351 e. The average Bonchev–Trinajstić information content (AvgIpc) is 2.58. The molecule has 130 valence electrons. The van der Waals surface area contributed by atoms with Crippen molar-refractivity contribution in [1.82, 2.24) is 10.6 Å². The van der Waals surface area contributed by atoms with Crippen LogP contribution in [0.15, 0.2) is 24.3 Å². The highest BCUT2D eigenvalue weighted by Crippen LogP contribution is 2.31. The number of imide groups is 1. The van der Waals surface area contributed by atoms with Crippen molar-refractivity contribution in [3.05, 3.63) is 24.3 Å². The first-order chi connectivity index (χ1) is 11.5. The molecule has 2 rings (SSSR count). The maximum Gasteiger partial charge on any atom is 0.351 e. The number of para-hydroxylation sites is 2. The largest absolute Gasteiger partial charge is 0.485 e. The summed E-state index contributed by atoms with van der Waals surface area (Å²) in [7, 11) is 0. The monoisotopic (exact) mass is 336 g/mol. The molecule has 0 aromatic heterocycles. The summed E-state index contributed by atoms with van der Waals surface area (Å²) >= 11 is 0. The highest BCUT2D eigenvalue weighted by Gasteiger charge is 2.29. The molecule has 24 heavy (non-hydrogen) atoms. The maximum absolute atomic E-state index is 11.9. The minimum absolute atomic E-state index is 0.00797. The summed E-state index contributed by atoms with van der Waals surface area (Å²) in [6.45, 7) is 3.13. The fourth-order valence-electron chi connectivity index (χ4n) is 1.89. The third-order valence-corrected chi connectivity index (χ3v) is 3.36. The van der Waals surface area contributed by atoms with Gasteiger partial charge in [-0.2, -0.15) is 0 Å². The zero-order valence-electron chi connectivity index (χ0n) is 13.5. The van der Waals surface area contributed by atoms with E-state index in [0.29, 0.717) is 11.5 Å². The number of esters is 1. The summed E-state index contributed by atoms with van der Waals surface area (Å²) in [4.78, 5) is 35.0. The van der Waals surface area contributed by atoms with Crippen LogP contribution in [0, 0.1) is 0 Å². The number of carbonyl (C=O) groups is 3. The van der Waals surface area contributed by atoms with Crippen molar-refractivity contribution in [3.8, 4) is 11.5 Å². The van der Waals surface area contributed by atoms with Gasteiger partial charge in [-0.25, -0.2) is 9.59 Å². The van der Waals surface area contributed by atoms with E-state index in [1.165, 1.54) is 0 Å². The van der Waals surface area contributed by atoms with Gasteiger partial charge in [-0.15, -0.1) is 0 Å². The fourth-order valence-corrected chi connectivity index (χ4v) is 1.89. The molecule has 1 aliphatic heterocycles. The van der Waals surface area contributed by atoms with E-state index in [0.717, 1.165) is 6.42 Å². The van der Waals surface area contributed by atoms with Gasteiger partial charge in [0, 0.05) is 6.04 Å². The Bertz CT molecular complexity index is 618. The second-order valence-electron chi connectivity index (χ2n) is 5.30. The van der Waals surface area contributed by atoms with Crippen LogP contribution in [-0.2, 0) is 14.3 Å². The van der Waals surface area contributed by atoms with Gasteiger partial charge < -0.3 is 19.5 Å². The number of rotatable bonds is 5. The predicted octanol–water partition coefficient (Wildman–Crippen LogP) is 0.994. The van der Waals surface area contributed by atoms with Crippen LogP contribution in [0.2, 0.25) is 0 Å². The third-order valence-electron chi connectivity index (χ3n) is 3.36. The summed E-state index contributed by atoms with van der Waals surface area (Å²) in [6.07, 6.45) is -0.224. The van der Waals surface area contributed by atoms with Crippen molar-refractivity contribution in [1.29, 1.82) is 0 Å². The van der Waals surface area contributed by atoms with Gasteiger partial charge >= 0.3 is 12.0 Å². The van der Waals surface area contributed by atoms with Crippen LogP contribution in [0.1, 0.15) is 20.3 Å². The molecule has 2 N–H and O–H groups in total. The lowest BCUT2D eigenvalue weighted by Gasteiger charge is -2.24. The maximum atomic E-state index is 11.9. The molecule has 1 heterocycles. The Labute approximate surface area is 139 Å². The molecule has 0 saturated heterocycles. The second kappa shape index (κ2) is 8.19. The van der Waals surface area contributed by atoms with Crippen LogP contribution in [-0.4, -0.2) is 43.3 Å². The molecule has 0 bridgehead atoms. The molecule has 0 radical (unpaired) electrons. The Kier molecular flexibility index (Phi) is 6.00. The Morgan fingerprint density at radius 2 is 2.00 bits per heavy atom. The number of ether oxygens (including phenoxy) is 3. The lowest BCUT2D eigenvalue weighted by Crippen LogP contribution is -2.45. The molecule has 0 spiro atoms. The van der Waals surface area contributed by atoms with Crippen molar-refractivity contribution < 1.29 is 28.6 Å². The van der Waals surface area contributed by atoms with Gasteiger partial charge in [0.25, 0.3) is 5.91 Å². The molecular formula is C16H20N2O6. The molecule has 8 nitrogen and oxygen atoms in total. The summed E-state index contributed by atoms with van der Waals surface area (Å²) < 4.78 is 15.7. The normalized spacial score (nSPS) is 16.7. The summed E-state index contributed by atoms with van der Waals surface area (Å²) in [6, 6.07) is 6.24. The van der Waals surface area contributed by atoms with Crippen LogP contribution < -0.4 is 20.1 Å². The van der Waals surface area contributed by atoms with E-state index >= 15 is 0 Å². The van der Waals surface area contributed by atoms with Crippen LogP contribution in [0.3, 0.4) is 0 Å². The van der Waals surface area contributed by atoms with Gasteiger partial charge in [0.05, 0.1) is 0 Å². The van der Waals surface area contributed by atoms with Crippen molar-refractivity contribution in [2.75, 3.05) is 13.2 Å². The summed E-state index contributed by atoms with van der Waals surface area (Å²) in [5, 5.41) is 4.65. The van der Waals surface area contributed by atoms with E-state index in [-0.39, 0.29) is 12.6 Å². The molecule has 8 heteroatoms. The van der Waals surface area contributed by atoms with Gasteiger partial charge in [-0.3, -0.25) is 10.1 Å². The Balaban J connectivity index is 1.75. The Hall–Kier alpha value is -2.77.